The van der Waals surface area contributed by atoms with E-state index in [9.17, 15) is 5.11 Å². The molecule has 0 aliphatic carbocycles. The summed E-state index contributed by atoms with van der Waals surface area (Å²) in [6.45, 7) is 0. The molecule has 6 heteroatoms. The summed E-state index contributed by atoms with van der Waals surface area (Å²) in [5.74, 6) is 0. The van der Waals surface area contributed by atoms with Crippen LogP contribution in [0.2, 0.25) is 5.02 Å². The molecule has 0 saturated carbocycles. The number of alkyl halides is 4. The monoisotopic (exact) mass is 368 g/mol. The zero-order valence-corrected chi connectivity index (χ0v) is 13.7. The topological polar surface area (TPSA) is 20.2 Å². The van der Waals surface area contributed by atoms with Crippen LogP contribution in [-0.2, 0) is 8.85 Å². The first kappa shape index (κ1) is 16.2. The van der Waals surface area contributed by atoms with Crippen molar-refractivity contribution in [2.75, 3.05) is 0 Å². The summed E-state index contributed by atoms with van der Waals surface area (Å²) in [6, 6.07) is 13.4. The van der Waals surface area contributed by atoms with Crippen LogP contribution in [0.4, 0.5) is 0 Å². The predicted octanol–water partition coefficient (Wildman–Crippen LogP) is 5.60. The van der Waals surface area contributed by atoms with E-state index in [1.54, 1.807) is 42.5 Å². The van der Waals surface area contributed by atoms with Crippen molar-refractivity contribution >= 4 is 58.0 Å². The Morgan fingerprint density at radius 1 is 0.800 bits per heavy atom. The Morgan fingerprint density at radius 3 is 1.95 bits per heavy atom. The number of hydrogen-bond donors (Lipinski definition) is 1. The second-order valence-electron chi connectivity index (χ2n) is 4.15. The fourth-order valence-electron chi connectivity index (χ4n) is 1.90. The highest BCUT2D eigenvalue weighted by Crippen LogP contribution is 2.48. The van der Waals surface area contributed by atoms with Crippen molar-refractivity contribution in [2.45, 2.75) is 8.85 Å². The maximum Gasteiger partial charge on any atom is 0.217 e. The molecule has 0 amide bonds. The number of rotatable bonds is 2. The van der Waals surface area contributed by atoms with Crippen LogP contribution in [-0.4, -0.2) is 5.11 Å². The molecule has 1 N–H and O–H groups in total. The van der Waals surface area contributed by atoms with Gasteiger partial charge in [0.15, 0.2) is 5.06 Å². The molecule has 0 aliphatic heterocycles. The standard InChI is InChI=1S/C14H9Cl5O/c15-11-8-4-7-10(12(11)14(17,18)19)13(16,20)9-5-2-1-3-6-9/h1-8,20H. The van der Waals surface area contributed by atoms with Gasteiger partial charge in [0.25, 0.3) is 0 Å². The van der Waals surface area contributed by atoms with E-state index >= 15 is 0 Å². The zero-order valence-electron chi connectivity index (χ0n) is 9.96. The Kier molecular flexibility index (Phi) is 4.80. The SMILES string of the molecule is OC(Cl)(c1ccccc1)c1cccc(Cl)c1C(Cl)(Cl)Cl. The van der Waals surface area contributed by atoms with E-state index in [-0.39, 0.29) is 16.1 Å². The fraction of sp³-hybridized carbons (Fsp3) is 0.143. The van der Waals surface area contributed by atoms with Gasteiger partial charge in [0.1, 0.15) is 0 Å². The van der Waals surface area contributed by atoms with E-state index in [1.807, 2.05) is 6.07 Å². The average molecular weight is 370 g/mol. The summed E-state index contributed by atoms with van der Waals surface area (Å²) < 4.78 is -1.80. The number of benzene rings is 2. The van der Waals surface area contributed by atoms with Crippen molar-refractivity contribution in [1.29, 1.82) is 0 Å². The molecule has 0 fully saturated rings. The Hall–Kier alpha value is -0.150. The largest absolute Gasteiger partial charge is 0.367 e. The first-order valence-electron chi connectivity index (χ1n) is 5.57. The second kappa shape index (κ2) is 5.92. The van der Waals surface area contributed by atoms with Gasteiger partial charge < -0.3 is 5.11 Å². The highest BCUT2D eigenvalue weighted by molar-refractivity contribution is 6.67. The molecule has 0 heterocycles. The number of aliphatic hydroxyl groups is 1. The molecule has 0 aliphatic rings. The first-order chi connectivity index (χ1) is 9.24. The first-order valence-corrected chi connectivity index (χ1v) is 7.46. The van der Waals surface area contributed by atoms with Crippen LogP contribution in [0.1, 0.15) is 16.7 Å². The summed E-state index contributed by atoms with van der Waals surface area (Å²) in [7, 11) is 0. The van der Waals surface area contributed by atoms with Gasteiger partial charge in [-0.3, -0.25) is 0 Å². The van der Waals surface area contributed by atoms with E-state index in [2.05, 4.69) is 0 Å². The van der Waals surface area contributed by atoms with Crippen LogP contribution in [0.3, 0.4) is 0 Å². The van der Waals surface area contributed by atoms with Crippen LogP contribution in [0.25, 0.3) is 0 Å². The lowest BCUT2D eigenvalue weighted by molar-refractivity contribution is 0.172. The van der Waals surface area contributed by atoms with Gasteiger partial charge in [-0.05, 0) is 6.07 Å². The van der Waals surface area contributed by atoms with Crippen LogP contribution < -0.4 is 0 Å². The summed E-state index contributed by atoms with van der Waals surface area (Å²) in [6.07, 6.45) is 0. The van der Waals surface area contributed by atoms with Crippen molar-refractivity contribution in [3.8, 4) is 0 Å². The summed E-state index contributed by atoms with van der Waals surface area (Å²) >= 11 is 30.2. The molecule has 0 saturated heterocycles. The molecule has 20 heavy (non-hydrogen) atoms. The highest BCUT2D eigenvalue weighted by Gasteiger charge is 2.38. The van der Waals surface area contributed by atoms with Crippen molar-refractivity contribution in [1.82, 2.24) is 0 Å². The normalized spacial score (nSPS) is 14.9. The van der Waals surface area contributed by atoms with Gasteiger partial charge in [-0.15, -0.1) is 0 Å². The third-order valence-corrected chi connectivity index (χ3v) is 4.11. The van der Waals surface area contributed by atoms with Gasteiger partial charge in [0.05, 0.1) is 0 Å². The lowest BCUT2D eigenvalue weighted by Gasteiger charge is -2.27. The van der Waals surface area contributed by atoms with Crippen LogP contribution >= 0.6 is 58.0 Å². The summed E-state index contributed by atoms with van der Waals surface area (Å²) in [5, 5.41) is 9.03. The third-order valence-electron chi connectivity index (χ3n) is 2.81. The minimum atomic E-state index is -1.84. The van der Waals surface area contributed by atoms with Gasteiger partial charge in [-0.25, -0.2) is 0 Å². The molecule has 0 spiro atoms. The fourth-order valence-corrected chi connectivity index (χ4v) is 3.26. The van der Waals surface area contributed by atoms with Crippen molar-refractivity contribution < 1.29 is 5.11 Å². The minimum Gasteiger partial charge on any atom is -0.367 e. The van der Waals surface area contributed by atoms with Gasteiger partial charge in [-0.2, -0.15) is 0 Å². The van der Waals surface area contributed by atoms with E-state index in [4.69, 9.17) is 58.0 Å². The maximum atomic E-state index is 10.7. The second-order valence-corrected chi connectivity index (χ2v) is 7.38. The molecule has 106 valence electrons. The summed E-state index contributed by atoms with van der Waals surface area (Å²) in [5.41, 5.74) is 0.852. The van der Waals surface area contributed by atoms with Gasteiger partial charge >= 0.3 is 0 Å². The lowest BCUT2D eigenvalue weighted by atomic mass is 9.96. The van der Waals surface area contributed by atoms with Crippen LogP contribution in [0, 0.1) is 0 Å². The molecule has 1 unspecified atom stereocenters. The predicted molar refractivity (Wildman–Crippen MR) is 86.0 cm³/mol. The third kappa shape index (κ3) is 3.19. The Bertz CT molecular complexity index is 605. The average Bonchev–Trinajstić information content (AvgIpc) is 2.38. The maximum absolute atomic E-state index is 10.7. The highest BCUT2D eigenvalue weighted by atomic mass is 35.6. The molecule has 1 nitrogen and oxygen atoms in total. The molecule has 0 radical (unpaired) electrons. The summed E-state index contributed by atoms with van der Waals surface area (Å²) in [4.78, 5) is 0. The van der Waals surface area contributed by atoms with E-state index < -0.39 is 8.85 Å². The quantitative estimate of drug-likeness (QED) is 0.682. The Morgan fingerprint density at radius 2 is 1.40 bits per heavy atom. The van der Waals surface area contributed by atoms with Gasteiger partial charge in [0, 0.05) is 21.7 Å². The molecule has 1 atom stereocenters. The van der Waals surface area contributed by atoms with Crippen LogP contribution in [0.15, 0.2) is 48.5 Å². The van der Waals surface area contributed by atoms with Gasteiger partial charge in [-0.1, -0.05) is 100 Å². The molecular weight excluding hydrogens is 361 g/mol. The van der Waals surface area contributed by atoms with Gasteiger partial charge in [0.2, 0.25) is 3.79 Å². The van der Waals surface area contributed by atoms with E-state index in [0.29, 0.717) is 5.56 Å². The smallest absolute Gasteiger partial charge is 0.217 e. The Labute approximate surface area is 142 Å². The molecule has 0 aromatic heterocycles. The Balaban J connectivity index is 2.67. The van der Waals surface area contributed by atoms with Crippen molar-refractivity contribution in [3.05, 3.63) is 70.2 Å². The lowest BCUT2D eigenvalue weighted by Crippen LogP contribution is -2.24. The molecule has 2 rings (SSSR count). The molecular formula is C14H9Cl5O. The van der Waals surface area contributed by atoms with E-state index in [1.165, 1.54) is 0 Å². The van der Waals surface area contributed by atoms with Crippen molar-refractivity contribution in [2.24, 2.45) is 0 Å². The molecule has 2 aromatic rings. The zero-order chi connectivity index (χ0) is 15.0. The molecule has 0 bridgehead atoms. The number of hydrogen-bond acceptors (Lipinski definition) is 1. The minimum absolute atomic E-state index is 0.160. The van der Waals surface area contributed by atoms with E-state index in [0.717, 1.165) is 0 Å². The molecule has 2 aromatic carbocycles. The van der Waals surface area contributed by atoms with Crippen molar-refractivity contribution in [3.63, 3.8) is 0 Å². The van der Waals surface area contributed by atoms with Crippen LogP contribution in [0.5, 0.6) is 0 Å². The number of halogens is 5.